The SMILES string of the molecule is COc1ccc(N2CCN(C(=O)CCCn3nc(-c4ccccc4)ccc3=O)CC2)cc1. The molecule has 4 rings (SSSR count). The topological polar surface area (TPSA) is 67.7 Å². The normalized spacial score (nSPS) is 13.8. The number of aryl methyl sites for hydroxylation is 1. The minimum atomic E-state index is -0.148. The van der Waals surface area contributed by atoms with Crippen LogP contribution in [0, 0.1) is 0 Å². The Labute approximate surface area is 187 Å². The molecule has 2 aromatic carbocycles. The molecule has 0 N–H and O–H groups in total. The van der Waals surface area contributed by atoms with Gasteiger partial charge in [0.15, 0.2) is 0 Å². The lowest BCUT2D eigenvalue weighted by molar-refractivity contribution is -0.131. The molecule has 0 unspecified atom stereocenters. The highest BCUT2D eigenvalue weighted by Crippen LogP contribution is 2.21. The van der Waals surface area contributed by atoms with Crippen LogP contribution in [0.3, 0.4) is 0 Å². The molecule has 2 heterocycles. The summed E-state index contributed by atoms with van der Waals surface area (Å²) in [6, 6.07) is 21.0. The van der Waals surface area contributed by atoms with E-state index in [1.54, 1.807) is 13.2 Å². The van der Waals surface area contributed by atoms with Crippen molar-refractivity contribution in [2.45, 2.75) is 19.4 Å². The number of hydrogen-bond acceptors (Lipinski definition) is 5. The fraction of sp³-hybridized carbons (Fsp3) is 0.320. The Kier molecular flexibility index (Phi) is 6.84. The molecule has 1 saturated heterocycles. The third-order valence-corrected chi connectivity index (χ3v) is 5.77. The number of carbonyl (C=O) groups is 1. The Morgan fingerprint density at radius 3 is 2.34 bits per heavy atom. The van der Waals surface area contributed by atoms with Crippen LogP contribution in [0.25, 0.3) is 11.3 Å². The number of aromatic nitrogens is 2. The minimum Gasteiger partial charge on any atom is -0.497 e. The number of hydrogen-bond donors (Lipinski definition) is 0. The third kappa shape index (κ3) is 5.17. The van der Waals surface area contributed by atoms with Gasteiger partial charge in [-0.1, -0.05) is 30.3 Å². The number of piperazine rings is 1. The van der Waals surface area contributed by atoms with Crippen LogP contribution in [-0.4, -0.2) is 53.9 Å². The van der Waals surface area contributed by atoms with E-state index in [4.69, 9.17) is 4.74 Å². The summed E-state index contributed by atoms with van der Waals surface area (Å²) < 4.78 is 6.67. The molecule has 1 aliphatic rings. The van der Waals surface area contributed by atoms with Crippen molar-refractivity contribution in [1.29, 1.82) is 0 Å². The maximum absolute atomic E-state index is 12.7. The van der Waals surface area contributed by atoms with Crippen LogP contribution in [0.4, 0.5) is 5.69 Å². The van der Waals surface area contributed by atoms with Gasteiger partial charge in [-0.05, 0) is 36.8 Å². The summed E-state index contributed by atoms with van der Waals surface area (Å²) in [6.07, 6.45) is 0.995. The summed E-state index contributed by atoms with van der Waals surface area (Å²) in [5.41, 5.74) is 2.71. The molecular formula is C25H28N4O3. The number of ether oxygens (including phenoxy) is 1. The summed E-state index contributed by atoms with van der Waals surface area (Å²) in [5.74, 6) is 0.970. The van der Waals surface area contributed by atoms with Gasteiger partial charge in [0.1, 0.15) is 5.75 Å². The number of amides is 1. The van der Waals surface area contributed by atoms with Crippen LogP contribution < -0.4 is 15.2 Å². The van der Waals surface area contributed by atoms with Gasteiger partial charge < -0.3 is 14.5 Å². The second-order valence-corrected chi connectivity index (χ2v) is 7.82. The highest BCUT2D eigenvalue weighted by molar-refractivity contribution is 5.76. The number of nitrogens with zero attached hydrogens (tertiary/aromatic N) is 4. The van der Waals surface area contributed by atoms with Crippen LogP contribution in [0.5, 0.6) is 5.75 Å². The van der Waals surface area contributed by atoms with Gasteiger partial charge in [0, 0.05) is 56.5 Å². The van der Waals surface area contributed by atoms with Crippen LogP contribution in [0.2, 0.25) is 0 Å². The van der Waals surface area contributed by atoms with Crippen LogP contribution in [-0.2, 0) is 11.3 Å². The van der Waals surface area contributed by atoms with Gasteiger partial charge in [-0.15, -0.1) is 0 Å². The number of methoxy groups -OCH3 is 1. The molecule has 1 aromatic heterocycles. The van der Waals surface area contributed by atoms with Crippen molar-refractivity contribution in [1.82, 2.24) is 14.7 Å². The van der Waals surface area contributed by atoms with Crippen LogP contribution >= 0.6 is 0 Å². The summed E-state index contributed by atoms with van der Waals surface area (Å²) in [7, 11) is 1.66. The van der Waals surface area contributed by atoms with Gasteiger partial charge in [-0.2, -0.15) is 5.10 Å². The van der Waals surface area contributed by atoms with Crippen molar-refractivity contribution in [2.75, 3.05) is 38.2 Å². The summed E-state index contributed by atoms with van der Waals surface area (Å²) in [6.45, 7) is 3.44. The van der Waals surface area contributed by atoms with Gasteiger partial charge in [0.25, 0.3) is 5.56 Å². The van der Waals surface area contributed by atoms with Crippen molar-refractivity contribution in [3.05, 3.63) is 77.1 Å². The lowest BCUT2D eigenvalue weighted by Gasteiger charge is -2.36. The van der Waals surface area contributed by atoms with E-state index in [9.17, 15) is 9.59 Å². The Bertz CT molecular complexity index is 1090. The number of benzene rings is 2. The molecule has 32 heavy (non-hydrogen) atoms. The van der Waals surface area contributed by atoms with Crippen molar-refractivity contribution < 1.29 is 9.53 Å². The van der Waals surface area contributed by atoms with Gasteiger partial charge in [0.05, 0.1) is 12.8 Å². The second kappa shape index (κ2) is 10.1. The van der Waals surface area contributed by atoms with E-state index in [0.717, 1.165) is 35.8 Å². The quantitative estimate of drug-likeness (QED) is 0.574. The van der Waals surface area contributed by atoms with E-state index in [1.165, 1.54) is 10.7 Å². The van der Waals surface area contributed by atoms with E-state index in [1.807, 2.05) is 59.5 Å². The van der Waals surface area contributed by atoms with E-state index in [-0.39, 0.29) is 11.5 Å². The zero-order chi connectivity index (χ0) is 22.3. The van der Waals surface area contributed by atoms with Gasteiger partial charge in [-0.3, -0.25) is 9.59 Å². The first kappa shape index (κ1) is 21.6. The fourth-order valence-electron chi connectivity index (χ4n) is 3.92. The number of anilines is 1. The first-order valence-electron chi connectivity index (χ1n) is 10.9. The highest BCUT2D eigenvalue weighted by atomic mass is 16.5. The molecule has 166 valence electrons. The summed E-state index contributed by atoms with van der Waals surface area (Å²) in [5, 5.41) is 4.47. The Hall–Kier alpha value is -3.61. The molecule has 1 aliphatic heterocycles. The average Bonchev–Trinajstić information content (AvgIpc) is 2.86. The Balaban J connectivity index is 1.27. The Morgan fingerprint density at radius 1 is 0.938 bits per heavy atom. The van der Waals surface area contributed by atoms with Crippen molar-refractivity contribution in [2.24, 2.45) is 0 Å². The highest BCUT2D eigenvalue weighted by Gasteiger charge is 2.21. The molecule has 0 spiro atoms. The zero-order valence-electron chi connectivity index (χ0n) is 18.3. The first-order valence-corrected chi connectivity index (χ1v) is 10.9. The molecule has 0 bridgehead atoms. The van der Waals surface area contributed by atoms with Gasteiger partial charge in [0.2, 0.25) is 5.91 Å². The van der Waals surface area contributed by atoms with Gasteiger partial charge >= 0.3 is 0 Å². The second-order valence-electron chi connectivity index (χ2n) is 7.82. The fourth-order valence-corrected chi connectivity index (χ4v) is 3.92. The summed E-state index contributed by atoms with van der Waals surface area (Å²) >= 11 is 0. The lowest BCUT2D eigenvalue weighted by Crippen LogP contribution is -2.48. The van der Waals surface area contributed by atoms with Crippen molar-refractivity contribution in [3.8, 4) is 17.0 Å². The maximum Gasteiger partial charge on any atom is 0.266 e. The molecular weight excluding hydrogens is 404 g/mol. The molecule has 1 fully saturated rings. The molecule has 0 saturated carbocycles. The molecule has 0 atom stereocenters. The largest absolute Gasteiger partial charge is 0.497 e. The van der Waals surface area contributed by atoms with E-state index < -0.39 is 0 Å². The van der Waals surface area contributed by atoms with Crippen molar-refractivity contribution in [3.63, 3.8) is 0 Å². The summed E-state index contributed by atoms with van der Waals surface area (Å²) in [4.78, 5) is 29.0. The van der Waals surface area contributed by atoms with E-state index in [2.05, 4.69) is 10.00 Å². The lowest BCUT2D eigenvalue weighted by atomic mass is 10.1. The third-order valence-electron chi connectivity index (χ3n) is 5.77. The first-order chi connectivity index (χ1) is 15.6. The molecule has 0 radical (unpaired) electrons. The predicted octanol–water partition coefficient (Wildman–Crippen LogP) is 3.05. The number of carbonyl (C=O) groups excluding carboxylic acids is 1. The predicted molar refractivity (Wildman–Crippen MR) is 125 cm³/mol. The Morgan fingerprint density at radius 2 is 1.66 bits per heavy atom. The molecule has 0 aliphatic carbocycles. The van der Waals surface area contributed by atoms with Crippen molar-refractivity contribution >= 4 is 11.6 Å². The molecule has 7 nitrogen and oxygen atoms in total. The maximum atomic E-state index is 12.7. The van der Waals surface area contributed by atoms with E-state index in [0.29, 0.717) is 32.5 Å². The minimum absolute atomic E-state index is 0.131. The van der Waals surface area contributed by atoms with Gasteiger partial charge in [-0.25, -0.2) is 4.68 Å². The van der Waals surface area contributed by atoms with E-state index >= 15 is 0 Å². The van der Waals surface area contributed by atoms with Crippen LogP contribution in [0.1, 0.15) is 12.8 Å². The molecule has 7 heteroatoms. The molecule has 3 aromatic rings. The zero-order valence-corrected chi connectivity index (χ0v) is 18.3. The van der Waals surface area contributed by atoms with Crippen LogP contribution in [0.15, 0.2) is 71.5 Å². The standard InChI is InChI=1S/C25H28N4O3/c1-32-22-11-9-21(10-12-22)27-16-18-28(19-17-27)24(30)8-5-15-29-25(31)14-13-23(26-29)20-6-3-2-4-7-20/h2-4,6-7,9-14H,5,8,15-19H2,1H3. The number of rotatable bonds is 7. The monoisotopic (exact) mass is 432 g/mol. The average molecular weight is 433 g/mol. The smallest absolute Gasteiger partial charge is 0.266 e. The molecule has 1 amide bonds.